The SMILES string of the molecule is O=[N+]([O-])c1ccc(S(=O)(=O)Cl)c(OC(F)(F)F)c1. The summed E-state index contributed by atoms with van der Waals surface area (Å²) in [4.78, 5) is 8.35. The Morgan fingerprint density at radius 1 is 1.33 bits per heavy atom. The lowest BCUT2D eigenvalue weighted by Crippen LogP contribution is -2.18. The highest BCUT2D eigenvalue weighted by atomic mass is 35.7. The van der Waals surface area contributed by atoms with Crippen molar-refractivity contribution < 1.29 is 31.2 Å². The third-order valence-corrected chi connectivity index (χ3v) is 2.99. The Hall–Kier alpha value is -1.55. The molecule has 0 heterocycles. The van der Waals surface area contributed by atoms with E-state index in [4.69, 9.17) is 10.7 Å². The number of hydrogen-bond donors (Lipinski definition) is 0. The first kappa shape index (κ1) is 14.5. The van der Waals surface area contributed by atoms with E-state index >= 15 is 0 Å². The highest BCUT2D eigenvalue weighted by Crippen LogP contribution is 2.34. The molecule has 0 aliphatic carbocycles. The Kier molecular flexibility index (Phi) is 3.72. The smallest absolute Gasteiger partial charge is 0.404 e. The van der Waals surface area contributed by atoms with Crippen LogP contribution in [0.3, 0.4) is 0 Å². The second-order valence-electron chi connectivity index (χ2n) is 2.87. The van der Waals surface area contributed by atoms with Crippen molar-refractivity contribution in [1.29, 1.82) is 0 Å². The molecule has 0 aliphatic heterocycles. The van der Waals surface area contributed by atoms with Crippen LogP contribution in [0.2, 0.25) is 0 Å². The van der Waals surface area contributed by atoms with Crippen molar-refractivity contribution in [3.05, 3.63) is 28.3 Å². The first-order chi connectivity index (χ1) is 8.00. The molecule has 0 radical (unpaired) electrons. The standard InChI is InChI=1S/C7H3ClF3NO5S/c8-18(15,16)6-2-1-4(12(13)14)3-5(6)17-7(9,10)11/h1-3H. The molecule has 0 aliphatic rings. The van der Waals surface area contributed by atoms with Gasteiger partial charge in [0, 0.05) is 16.7 Å². The molecule has 0 spiro atoms. The number of benzene rings is 1. The number of non-ortho nitro benzene ring substituents is 1. The molecule has 6 nitrogen and oxygen atoms in total. The van der Waals surface area contributed by atoms with Crippen molar-refractivity contribution in [3.63, 3.8) is 0 Å². The summed E-state index contributed by atoms with van der Waals surface area (Å²) in [5, 5.41) is 10.4. The molecule has 0 aromatic heterocycles. The summed E-state index contributed by atoms with van der Waals surface area (Å²) in [6.45, 7) is 0. The van der Waals surface area contributed by atoms with Crippen molar-refractivity contribution in [2.75, 3.05) is 0 Å². The van der Waals surface area contributed by atoms with Gasteiger partial charge < -0.3 is 4.74 Å². The second-order valence-corrected chi connectivity index (χ2v) is 5.41. The van der Waals surface area contributed by atoms with Crippen LogP contribution in [0.1, 0.15) is 0 Å². The van der Waals surface area contributed by atoms with E-state index in [0.29, 0.717) is 18.2 Å². The highest BCUT2D eigenvalue weighted by molar-refractivity contribution is 8.13. The van der Waals surface area contributed by atoms with Gasteiger partial charge in [-0.15, -0.1) is 13.2 Å². The number of rotatable bonds is 3. The largest absolute Gasteiger partial charge is 0.573 e. The van der Waals surface area contributed by atoms with Crippen LogP contribution in [0.25, 0.3) is 0 Å². The van der Waals surface area contributed by atoms with Gasteiger partial charge in [0.05, 0.1) is 11.0 Å². The van der Waals surface area contributed by atoms with Gasteiger partial charge in [-0.25, -0.2) is 8.42 Å². The summed E-state index contributed by atoms with van der Waals surface area (Å²) in [6, 6.07) is 1.57. The monoisotopic (exact) mass is 305 g/mol. The lowest BCUT2D eigenvalue weighted by molar-refractivity contribution is -0.385. The molecule has 1 aromatic rings. The molecule has 1 rings (SSSR count). The maximum atomic E-state index is 12.0. The predicted octanol–water partition coefficient (Wildman–Crippen LogP) is 2.42. The fourth-order valence-corrected chi connectivity index (χ4v) is 1.97. The van der Waals surface area contributed by atoms with Crippen LogP contribution in [-0.4, -0.2) is 19.7 Å². The molecule has 18 heavy (non-hydrogen) atoms. The zero-order valence-corrected chi connectivity index (χ0v) is 9.71. The van der Waals surface area contributed by atoms with E-state index in [1.54, 1.807) is 0 Å². The minimum absolute atomic E-state index is 0.322. The van der Waals surface area contributed by atoms with Crippen LogP contribution < -0.4 is 4.74 Å². The molecule has 0 fully saturated rings. The van der Waals surface area contributed by atoms with Crippen molar-refractivity contribution in [2.24, 2.45) is 0 Å². The van der Waals surface area contributed by atoms with Gasteiger partial charge in [0.1, 0.15) is 4.90 Å². The normalized spacial score (nSPS) is 12.2. The quantitative estimate of drug-likeness (QED) is 0.486. The van der Waals surface area contributed by atoms with Gasteiger partial charge in [0.2, 0.25) is 0 Å². The van der Waals surface area contributed by atoms with Crippen molar-refractivity contribution >= 4 is 25.4 Å². The van der Waals surface area contributed by atoms with Crippen molar-refractivity contribution in [1.82, 2.24) is 0 Å². The van der Waals surface area contributed by atoms with Crippen LogP contribution in [0.4, 0.5) is 18.9 Å². The van der Waals surface area contributed by atoms with E-state index < -0.39 is 36.7 Å². The van der Waals surface area contributed by atoms with Gasteiger partial charge in [-0.2, -0.15) is 0 Å². The number of halogens is 4. The number of alkyl halides is 3. The topological polar surface area (TPSA) is 86.5 Å². The summed E-state index contributed by atoms with van der Waals surface area (Å²) in [7, 11) is 0.356. The number of nitro groups is 1. The van der Waals surface area contributed by atoms with Gasteiger partial charge in [0.25, 0.3) is 14.7 Å². The van der Waals surface area contributed by atoms with Gasteiger partial charge in [-0.3, -0.25) is 10.1 Å². The average Bonchev–Trinajstić information content (AvgIpc) is 2.12. The van der Waals surface area contributed by atoms with Gasteiger partial charge in [0.15, 0.2) is 5.75 Å². The van der Waals surface area contributed by atoms with E-state index in [2.05, 4.69) is 4.74 Å². The predicted molar refractivity (Wildman–Crippen MR) is 52.8 cm³/mol. The molecule has 0 saturated heterocycles. The Morgan fingerprint density at radius 2 is 1.89 bits per heavy atom. The van der Waals surface area contributed by atoms with E-state index in [1.807, 2.05) is 0 Å². The Morgan fingerprint density at radius 3 is 2.28 bits per heavy atom. The molecule has 11 heteroatoms. The number of nitrogens with zero attached hydrogens (tertiary/aromatic N) is 1. The van der Waals surface area contributed by atoms with E-state index in [1.165, 1.54) is 0 Å². The number of ether oxygens (including phenoxy) is 1. The molecule has 0 amide bonds. The molecule has 100 valence electrons. The lowest BCUT2D eigenvalue weighted by atomic mass is 10.3. The summed E-state index contributed by atoms with van der Waals surface area (Å²) in [5.74, 6) is -1.26. The first-order valence-corrected chi connectivity index (χ1v) is 6.30. The van der Waals surface area contributed by atoms with Crippen LogP contribution >= 0.6 is 10.7 Å². The maximum absolute atomic E-state index is 12.0. The fourth-order valence-electron chi connectivity index (χ4n) is 1.02. The molecule has 0 N–H and O–H groups in total. The van der Waals surface area contributed by atoms with Crippen LogP contribution in [0.15, 0.2) is 23.1 Å². The Balaban J connectivity index is 3.41. The summed E-state index contributed by atoms with van der Waals surface area (Å²) < 4.78 is 61.4. The first-order valence-electron chi connectivity index (χ1n) is 3.99. The molecular weight excluding hydrogens is 303 g/mol. The zero-order valence-electron chi connectivity index (χ0n) is 8.14. The Bertz CT molecular complexity index is 585. The molecule has 1 aromatic carbocycles. The lowest BCUT2D eigenvalue weighted by Gasteiger charge is -2.11. The van der Waals surface area contributed by atoms with Crippen LogP contribution in [-0.2, 0) is 9.05 Å². The van der Waals surface area contributed by atoms with Gasteiger partial charge in [-0.05, 0) is 6.07 Å². The third kappa shape index (κ3) is 3.74. The fraction of sp³-hybridized carbons (Fsp3) is 0.143. The molecule has 0 saturated carbocycles. The van der Waals surface area contributed by atoms with Crippen molar-refractivity contribution in [3.8, 4) is 5.75 Å². The second kappa shape index (κ2) is 4.61. The summed E-state index contributed by atoms with van der Waals surface area (Å²) in [6.07, 6.45) is -5.20. The van der Waals surface area contributed by atoms with Crippen LogP contribution in [0, 0.1) is 10.1 Å². The third-order valence-electron chi connectivity index (χ3n) is 1.63. The molecule has 0 unspecified atom stereocenters. The highest BCUT2D eigenvalue weighted by Gasteiger charge is 2.34. The number of hydrogen-bond acceptors (Lipinski definition) is 5. The molecule has 0 bridgehead atoms. The average molecular weight is 306 g/mol. The Labute approximate surface area is 102 Å². The maximum Gasteiger partial charge on any atom is 0.573 e. The van der Waals surface area contributed by atoms with Crippen molar-refractivity contribution in [2.45, 2.75) is 11.3 Å². The molecular formula is C7H3ClF3NO5S. The summed E-state index contributed by atoms with van der Waals surface area (Å²) in [5.41, 5.74) is -0.765. The molecule has 0 atom stereocenters. The van der Waals surface area contributed by atoms with E-state index in [0.717, 1.165) is 0 Å². The minimum Gasteiger partial charge on any atom is -0.404 e. The van der Waals surface area contributed by atoms with Gasteiger partial charge >= 0.3 is 6.36 Å². The number of nitro benzene ring substituents is 1. The van der Waals surface area contributed by atoms with E-state index in [9.17, 15) is 31.7 Å². The van der Waals surface area contributed by atoms with Gasteiger partial charge in [-0.1, -0.05) is 0 Å². The zero-order chi connectivity index (χ0) is 14.1. The van der Waals surface area contributed by atoms with E-state index in [-0.39, 0.29) is 0 Å². The van der Waals surface area contributed by atoms with Crippen LogP contribution in [0.5, 0.6) is 5.75 Å². The minimum atomic E-state index is -5.20. The summed E-state index contributed by atoms with van der Waals surface area (Å²) >= 11 is 0.